The summed E-state index contributed by atoms with van der Waals surface area (Å²) in [6.45, 7) is 6.41. The molecule has 6 heteroatoms. The molecule has 4 nitrogen and oxygen atoms in total. The van der Waals surface area contributed by atoms with E-state index in [0.29, 0.717) is 22.3 Å². The fourth-order valence-corrected chi connectivity index (χ4v) is 3.46. The summed E-state index contributed by atoms with van der Waals surface area (Å²) in [6, 6.07) is 13.6. The molecule has 2 aromatic carbocycles. The van der Waals surface area contributed by atoms with Gasteiger partial charge in [-0.25, -0.2) is 0 Å². The van der Waals surface area contributed by atoms with Crippen molar-refractivity contribution in [3.8, 4) is 0 Å². The van der Waals surface area contributed by atoms with Crippen molar-refractivity contribution in [2.24, 2.45) is 0 Å². The molecule has 1 aliphatic rings. The molecule has 1 fully saturated rings. The zero-order chi connectivity index (χ0) is 17.8. The van der Waals surface area contributed by atoms with E-state index in [1.807, 2.05) is 0 Å². The first-order valence-electron chi connectivity index (χ1n) is 8.42. The molecule has 132 valence electrons. The maximum atomic E-state index is 12.3. The van der Waals surface area contributed by atoms with Gasteiger partial charge in [-0.1, -0.05) is 41.4 Å². The number of nitrogens with zero attached hydrogens (tertiary/aromatic N) is 1. The Bertz CT molecular complexity index is 758. The van der Waals surface area contributed by atoms with Crippen LogP contribution in [0.1, 0.15) is 5.56 Å². The van der Waals surface area contributed by atoms with Crippen molar-refractivity contribution in [1.82, 2.24) is 0 Å². The molecule has 0 aromatic heterocycles. The first-order chi connectivity index (χ1) is 12.0. The summed E-state index contributed by atoms with van der Waals surface area (Å²) >= 11 is 11.9. The predicted octanol–water partition coefficient (Wildman–Crippen LogP) is 2.65. The lowest BCUT2D eigenvalue weighted by Gasteiger charge is -2.34. The van der Waals surface area contributed by atoms with E-state index in [1.54, 1.807) is 18.2 Å². The molecule has 3 rings (SSSR count). The molecule has 2 aromatic rings. The monoisotopic (exact) mass is 378 g/mol. The van der Waals surface area contributed by atoms with E-state index in [9.17, 15) is 4.79 Å². The number of benzene rings is 2. The maximum absolute atomic E-state index is 12.3. The van der Waals surface area contributed by atoms with Crippen LogP contribution in [0, 0.1) is 6.92 Å². The fourth-order valence-electron chi connectivity index (χ4n) is 3.16. The average molecular weight is 379 g/mol. The molecular weight excluding hydrogens is 357 g/mol. The van der Waals surface area contributed by atoms with Crippen LogP contribution in [0.15, 0.2) is 42.5 Å². The van der Waals surface area contributed by atoms with Crippen LogP contribution in [0.5, 0.6) is 0 Å². The normalized spacial score (nSPS) is 15.2. The Hall–Kier alpha value is -1.75. The highest BCUT2D eigenvalue weighted by molar-refractivity contribution is 6.42. The fraction of sp³-hybridized carbons (Fsp3) is 0.316. The molecule has 0 atom stereocenters. The van der Waals surface area contributed by atoms with Crippen molar-refractivity contribution in [1.29, 1.82) is 0 Å². The molecule has 1 heterocycles. The molecule has 0 bridgehead atoms. The smallest absolute Gasteiger partial charge is 0.279 e. The highest BCUT2D eigenvalue weighted by Gasteiger charge is 2.23. The second kappa shape index (κ2) is 8.09. The van der Waals surface area contributed by atoms with Gasteiger partial charge in [0.05, 0.1) is 36.2 Å². The van der Waals surface area contributed by atoms with Crippen molar-refractivity contribution >= 4 is 40.5 Å². The number of carbonyl (C=O) groups is 1. The summed E-state index contributed by atoms with van der Waals surface area (Å²) < 4.78 is 0. The number of halogens is 2. The van der Waals surface area contributed by atoms with Gasteiger partial charge in [0.15, 0.2) is 6.54 Å². The molecule has 2 N–H and O–H groups in total. The van der Waals surface area contributed by atoms with Crippen LogP contribution in [-0.4, -0.2) is 38.6 Å². The van der Waals surface area contributed by atoms with Crippen LogP contribution >= 0.6 is 23.2 Å². The lowest BCUT2D eigenvalue weighted by molar-refractivity contribution is -0.892. The summed E-state index contributed by atoms with van der Waals surface area (Å²) in [5.74, 6) is -0.00210. The third-order valence-electron chi connectivity index (χ3n) is 4.54. The number of para-hydroxylation sites is 1. The number of hydrogen-bond acceptors (Lipinski definition) is 2. The second-order valence-electron chi connectivity index (χ2n) is 6.38. The third kappa shape index (κ3) is 4.66. The van der Waals surface area contributed by atoms with Crippen LogP contribution in [-0.2, 0) is 4.79 Å². The summed E-state index contributed by atoms with van der Waals surface area (Å²) in [6.07, 6.45) is 0. The van der Waals surface area contributed by atoms with Crippen LogP contribution < -0.4 is 15.1 Å². The Kier molecular flexibility index (Phi) is 5.84. The molecule has 0 unspecified atom stereocenters. The summed E-state index contributed by atoms with van der Waals surface area (Å²) in [5.41, 5.74) is 3.27. The Morgan fingerprint density at radius 1 is 1.12 bits per heavy atom. The number of anilines is 2. The van der Waals surface area contributed by atoms with Gasteiger partial charge >= 0.3 is 0 Å². The zero-order valence-corrected chi connectivity index (χ0v) is 15.7. The first-order valence-corrected chi connectivity index (χ1v) is 9.17. The minimum Gasteiger partial charge on any atom is -0.360 e. The standard InChI is InChI=1S/C19H21Cl2N3O/c1-14-4-2-3-5-18(14)24-10-8-23(9-11-24)13-19(25)22-15-6-7-16(20)17(21)12-15/h2-7,12H,8-11,13H2,1H3,(H,22,25)/p+1. The van der Waals surface area contributed by atoms with Gasteiger partial charge in [-0.05, 0) is 36.8 Å². The zero-order valence-electron chi connectivity index (χ0n) is 14.2. The van der Waals surface area contributed by atoms with Crippen LogP contribution in [0.3, 0.4) is 0 Å². The minimum absolute atomic E-state index is 0.00210. The number of piperazine rings is 1. The Balaban J connectivity index is 1.51. The van der Waals surface area contributed by atoms with Crippen molar-refractivity contribution in [2.75, 3.05) is 42.9 Å². The number of aryl methyl sites for hydroxylation is 1. The van der Waals surface area contributed by atoms with Crippen molar-refractivity contribution in [3.05, 3.63) is 58.1 Å². The van der Waals surface area contributed by atoms with Crippen molar-refractivity contribution in [2.45, 2.75) is 6.92 Å². The molecule has 1 amide bonds. The van der Waals surface area contributed by atoms with E-state index in [4.69, 9.17) is 23.2 Å². The topological polar surface area (TPSA) is 36.8 Å². The number of carbonyl (C=O) groups excluding carboxylic acids is 1. The summed E-state index contributed by atoms with van der Waals surface area (Å²) in [7, 11) is 0. The molecule has 25 heavy (non-hydrogen) atoms. The van der Waals surface area contributed by atoms with Gasteiger partial charge in [-0.2, -0.15) is 0 Å². The quantitative estimate of drug-likeness (QED) is 0.857. The molecule has 1 aliphatic heterocycles. The molecule has 0 spiro atoms. The van der Waals surface area contributed by atoms with Crippen molar-refractivity contribution < 1.29 is 9.69 Å². The number of hydrogen-bond donors (Lipinski definition) is 2. The second-order valence-corrected chi connectivity index (χ2v) is 7.19. The average Bonchev–Trinajstić information content (AvgIpc) is 2.59. The van der Waals surface area contributed by atoms with Gasteiger partial charge in [0.1, 0.15) is 0 Å². The summed E-state index contributed by atoms with van der Waals surface area (Å²) in [4.78, 5) is 16.0. The largest absolute Gasteiger partial charge is 0.360 e. The highest BCUT2D eigenvalue weighted by Crippen LogP contribution is 2.24. The van der Waals surface area contributed by atoms with Gasteiger partial charge < -0.3 is 15.1 Å². The summed E-state index contributed by atoms with van der Waals surface area (Å²) in [5, 5.41) is 3.82. The SMILES string of the molecule is Cc1ccccc1N1CC[NH+](CC(=O)Nc2ccc(Cl)c(Cl)c2)CC1. The van der Waals surface area contributed by atoms with E-state index in [0.717, 1.165) is 26.2 Å². The van der Waals surface area contributed by atoms with E-state index in [-0.39, 0.29) is 5.91 Å². The maximum Gasteiger partial charge on any atom is 0.279 e. The molecule has 1 saturated heterocycles. The lowest BCUT2D eigenvalue weighted by atomic mass is 10.1. The molecule has 0 aliphatic carbocycles. The molecule has 0 radical (unpaired) electrons. The van der Waals surface area contributed by atoms with E-state index >= 15 is 0 Å². The van der Waals surface area contributed by atoms with E-state index < -0.39 is 0 Å². The van der Waals surface area contributed by atoms with Gasteiger partial charge in [-0.15, -0.1) is 0 Å². The third-order valence-corrected chi connectivity index (χ3v) is 5.28. The number of rotatable bonds is 4. The Morgan fingerprint density at radius 3 is 2.52 bits per heavy atom. The number of quaternary nitrogens is 1. The molecule has 0 saturated carbocycles. The number of amides is 1. The van der Waals surface area contributed by atoms with Gasteiger partial charge in [0, 0.05) is 11.4 Å². The Labute approximate surface area is 158 Å². The van der Waals surface area contributed by atoms with Crippen LogP contribution in [0.2, 0.25) is 10.0 Å². The highest BCUT2D eigenvalue weighted by atomic mass is 35.5. The van der Waals surface area contributed by atoms with Gasteiger partial charge in [0.2, 0.25) is 0 Å². The number of nitrogens with one attached hydrogen (secondary N) is 2. The molecular formula is C19H22Cl2N3O+. The van der Waals surface area contributed by atoms with Crippen molar-refractivity contribution in [3.63, 3.8) is 0 Å². The lowest BCUT2D eigenvalue weighted by Crippen LogP contribution is -3.15. The first kappa shape index (κ1) is 18.1. The van der Waals surface area contributed by atoms with E-state index in [1.165, 1.54) is 16.2 Å². The Morgan fingerprint density at radius 2 is 1.84 bits per heavy atom. The predicted molar refractivity (Wildman–Crippen MR) is 104 cm³/mol. The van der Waals surface area contributed by atoms with Gasteiger partial charge in [0.25, 0.3) is 5.91 Å². The van der Waals surface area contributed by atoms with E-state index in [2.05, 4.69) is 41.4 Å². The minimum atomic E-state index is -0.00210. The van der Waals surface area contributed by atoms with Crippen LogP contribution in [0.4, 0.5) is 11.4 Å². The van der Waals surface area contributed by atoms with Gasteiger partial charge in [-0.3, -0.25) is 4.79 Å². The van der Waals surface area contributed by atoms with Crippen LogP contribution in [0.25, 0.3) is 0 Å².